The van der Waals surface area contributed by atoms with E-state index in [1.807, 2.05) is 48.5 Å². The maximum atomic E-state index is 5.80. The second kappa shape index (κ2) is 8.23. The first-order valence-corrected chi connectivity index (χ1v) is 17.5. The molecule has 2 N–H and O–H groups in total. The molecule has 2 nitrogen and oxygen atoms in total. The Balaban J connectivity index is 0.000000184. The Kier molecular flexibility index (Phi) is 7.34. The van der Waals surface area contributed by atoms with E-state index in [-0.39, 0.29) is 0 Å². The molecule has 1 aromatic carbocycles. The number of hydrogen-bond acceptors (Lipinski definition) is 2. The SMILES string of the molecule is NCc1ccccn1.[Cl][Sn]([Cl])([Cl])[c]1ccccc1. The van der Waals surface area contributed by atoms with Gasteiger partial charge in [0.1, 0.15) is 0 Å². The summed E-state index contributed by atoms with van der Waals surface area (Å²) in [6, 6.07) is 15.1. The molecular weight excluding hydrogens is 397 g/mol. The van der Waals surface area contributed by atoms with Crippen molar-refractivity contribution in [3.8, 4) is 0 Å². The minimum atomic E-state index is -3.30. The summed E-state index contributed by atoms with van der Waals surface area (Å²) in [5.41, 5.74) is 6.22. The third kappa shape index (κ3) is 6.25. The Morgan fingerprint density at radius 2 is 1.56 bits per heavy atom. The van der Waals surface area contributed by atoms with Gasteiger partial charge in [0.15, 0.2) is 0 Å². The molecule has 0 unspecified atom stereocenters. The molecule has 0 spiro atoms. The van der Waals surface area contributed by atoms with Crippen molar-refractivity contribution in [3.05, 3.63) is 60.4 Å². The zero-order chi connectivity index (χ0) is 13.4. The van der Waals surface area contributed by atoms with Crippen LogP contribution in [0.15, 0.2) is 54.7 Å². The monoisotopic (exact) mass is 410 g/mol. The van der Waals surface area contributed by atoms with Gasteiger partial charge in [0.25, 0.3) is 0 Å². The van der Waals surface area contributed by atoms with Gasteiger partial charge in [0, 0.05) is 12.7 Å². The summed E-state index contributed by atoms with van der Waals surface area (Å²) in [6.45, 7) is 0.529. The third-order valence-corrected chi connectivity index (χ3v) is 9.25. The van der Waals surface area contributed by atoms with E-state index >= 15 is 0 Å². The van der Waals surface area contributed by atoms with E-state index in [9.17, 15) is 0 Å². The first kappa shape index (κ1) is 16.1. The molecule has 0 bridgehead atoms. The third-order valence-electron chi connectivity index (χ3n) is 2.04. The van der Waals surface area contributed by atoms with Gasteiger partial charge in [0.05, 0.1) is 5.69 Å². The summed E-state index contributed by atoms with van der Waals surface area (Å²) in [6.07, 6.45) is 1.74. The molecule has 0 fully saturated rings. The molecule has 0 aliphatic rings. The zero-order valence-corrected chi connectivity index (χ0v) is 14.7. The topological polar surface area (TPSA) is 38.9 Å². The summed E-state index contributed by atoms with van der Waals surface area (Å²) >= 11 is -3.30. The van der Waals surface area contributed by atoms with E-state index in [1.54, 1.807) is 6.20 Å². The van der Waals surface area contributed by atoms with Crippen LogP contribution in [0, 0.1) is 0 Å². The molecule has 0 atom stereocenters. The van der Waals surface area contributed by atoms with Gasteiger partial charge < -0.3 is 5.73 Å². The number of hydrogen-bond donors (Lipinski definition) is 1. The van der Waals surface area contributed by atoms with E-state index in [0.717, 1.165) is 9.27 Å². The fourth-order valence-electron chi connectivity index (χ4n) is 1.15. The van der Waals surface area contributed by atoms with Crippen molar-refractivity contribution in [1.29, 1.82) is 0 Å². The van der Waals surface area contributed by atoms with Gasteiger partial charge in [-0.05, 0) is 12.1 Å². The Labute approximate surface area is 122 Å². The van der Waals surface area contributed by atoms with Crippen molar-refractivity contribution in [2.75, 3.05) is 0 Å². The van der Waals surface area contributed by atoms with Gasteiger partial charge in [-0.15, -0.1) is 0 Å². The molecule has 0 saturated carbocycles. The summed E-state index contributed by atoms with van der Waals surface area (Å²) < 4.78 is 0.904. The standard InChI is InChI=1S/C6H8N2.C6H5.3ClH.Sn/c7-5-6-3-1-2-4-8-6;1-2-4-6-5-3-1;;;;/h1-4H,5,7H2;1-5H;3*1H;/q;;;;;+3/p-3. The van der Waals surface area contributed by atoms with E-state index in [1.165, 1.54) is 0 Å². The second-order valence-corrected chi connectivity index (χ2v) is 23.2. The number of halogens is 3. The summed E-state index contributed by atoms with van der Waals surface area (Å²) in [5, 5.41) is 0. The number of nitrogens with two attached hydrogens (primary N) is 1. The molecule has 96 valence electrons. The van der Waals surface area contributed by atoms with Gasteiger partial charge in [-0.25, -0.2) is 0 Å². The Hall–Kier alpha value is -0.00130. The van der Waals surface area contributed by atoms with Crippen molar-refractivity contribution in [3.63, 3.8) is 0 Å². The van der Waals surface area contributed by atoms with Gasteiger partial charge >= 0.3 is 75.7 Å². The van der Waals surface area contributed by atoms with Crippen LogP contribution in [0.1, 0.15) is 5.69 Å². The Bertz CT molecular complexity index is 446. The van der Waals surface area contributed by atoms with Gasteiger partial charge in [-0.1, -0.05) is 6.07 Å². The molecule has 0 saturated heterocycles. The quantitative estimate of drug-likeness (QED) is 0.773. The van der Waals surface area contributed by atoms with Crippen molar-refractivity contribution >= 4 is 45.3 Å². The summed E-state index contributed by atoms with van der Waals surface area (Å²) in [5.74, 6) is 0. The van der Waals surface area contributed by atoms with Crippen molar-refractivity contribution in [2.45, 2.75) is 6.54 Å². The molecule has 1 aromatic heterocycles. The van der Waals surface area contributed by atoms with E-state index < -0.39 is 15.0 Å². The van der Waals surface area contributed by atoms with Crippen LogP contribution in [0.4, 0.5) is 0 Å². The molecule has 0 amide bonds. The van der Waals surface area contributed by atoms with Crippen molar-refractivity contribution in [2.24, 2.45) is 5.73 Å². The molecule has 2 aromatic rings. The minimum absolute atomic E-state index is 0.529. The number of aromatic nitrogens is 1. The molecule has 1 heterocycles. The van der Waals surface area contributed by atoms with E-state index in [2.05, 4.69) is 4.98 Å². The molecule has 0 radical (unpaired) electrons. The van der Waals surface area contributed by atoms with E-state index in [4.69, 9.17) is 32.5 Å². The predicted octanol–water partition coefficient (Wildman–Crippen LogP) is 3.09. The summed E-state index contributed by atoms with van der Waals surface area (Å²) in [7, 11) is 17.4. The van der Waals surface area contributed by atoms with Crippen LogP contribution >= 0.6 is 26.8 Å². The summed E-state index contributed by atoms with van der Waals surface area (Å²) in [4.78, 5) is 3.97. The molecule has 2 rings (SSSR count). The first-order valence-electron chi connectivity index (χ1n) is 5.26. The molecule has 6 heteroatoms. The Morgan fingerprint density at radius 3 is 1.89 bits per heavy atom. The predicted molar refractivity (Wildman–Crippen MR) is 81.5 cm³/mol. The number of benzene rings is 1. The van der Waals surface area contributed by atoms with Gasteiger partial charge in [-0.2, -0.15) is 0 Å². The van der Waals surface area contributed by atoms with Crippen LogP contribution in [-0.4, -0.2) is 20.0 Å². The van der Waals surface area contributed by atoms with Gasteiger partial charge in [-0.3, -0.25) is 4.98 Å². The Morgan fingerprint density at radius 1 is 0.944 bits per heavy atom. The average molecular weight is 410 g/mol. The van der Waals surface area contributed by atoms with Crippen molar-refractivity contribution < 1.29 is 0 Å². The maximum absolute atomic E-state index is 5.80. The molecular formula is C12H13Cl3N2Sn. The van der Waals surface area contributed by atoms with Crippen LogP contribution in [0.5, 0.6) is 0 Å². The van der Waals surface area contributed by atoms with Gasteiger partial charge in [0.2, 0.25) is 0 Å². The zero-order valence-electron chi connectivity index (χ0n) is 9.56. The molecule has 18 heavy (non-hydrogen) atoms. The number of pyridine rings is 1. The fourth-order valence-corrected chi connectivity index (χ4v) is 5.31. The normalized spacial score (nSPS) is 10.4. The van der Waals surface area contributed by atoms with E-state index in [0.29, 0.717) is 6.54 Å². The molecule has 0 aliphatic heterocycles. The number of rotatable bonds is 2. The van der Waals surface area contributed by atoms with Crippen LogP contribution in [0.2, 0.25) is 0 Å². The second-order valence-electron chi connectivity index (χ2n) is 3.39. The first-order chi connectivity index (χ1) is 8.54. The van der Waals surface area contributed by atoms with Crippen LogP contribution in [-0.2, 0) is 6.54 Å². The van der Waals surface area contributed by atoms with Crippen LogP contribution < -0.4 is 9.31 Å². The van der Waals surface area contributed by atoms with Crippen LogP contribution in [0.25, 0.3) is 0 Å². The molecule has 0 aliphatic carbocycles. The number of nitrogens with zero attached hydrogens (tertiary/aromatic N) is 1. The average Bonchev–Trinajstić information content (AvgIpc) is 2.40. The van der Waals surface area contributed by atoms with Crippen molar-refractivity contribution in [1.82, 2.24) is 4.98 Å². The van der Waals surface area contributed by atoms with Crippen LogP contribution in [0.3, 0.4) is 0 Å². The fraction of sp³-hybridized carbons (Fsp3) is 0.0833.